The molecule has 0 spiro atoms. The molecular formula is C19H17FN3+. The SMILES string of the molecule is C=C1C2(CC)c3cc(F)nc4ccc5cnc[n+](c5c34)C12CC. The predicted octanol–water partition coefficient (Wildman–Crippen LogP) is 3.55. The highest BCUT2D eigenvalue weighted by atomic mass is 19.1. The van der Waals surface area contributed by atoms with Crippen LogP contribution in [-0.2, 0) is 11.0 Å². The van der Waals surface area contributed by atoms with Crippen molar-refractivity contribution < 1.29 is 8.96 Å². The molecule has 2 unspecified atom stereocenters. The van der Waals surface area contributed by atoms with Crippen LogP contribution in [0.3, 0.4) is 0 Å². The molecule has 2 atom stereocenters. The standard InChI is InChI=1S/C19H17FN3/c1-4-18-11(3)19(18,5-2)23-10-21-9-12-6-7-14-16(17(12)23)13(18)8-15(20)22-14/h6-10H,3-5H2,1-2H3/q+1. The zero-order valence-corrected chi connectivity index (χ0v) is 13.2. The summed E-state index contributed by atoms with van der Waals surface area (Å²) in [5, 5.41) is 2.11. The smallest absolute Gasteiger partial charge is 0.220 e. The zero-order valence-electron chi connectivity index (χ0n) is 13.2. The number of pyridine rings is 1. The number of hydrogen-bond donors (Lipinski definition) is 0. The fourth-order valence-electron chi connectivity index (χ4n) is 5.21. The quantitative estimate of drug-likeness (QED) is 0.314. The average Bonchev–Trinajstić information content (AvgIpc) is 3.13. The Labute approximate surface area is 133 Å². The van der Waals surface area contributed by atoms with E-state index in [4.69, 9.17) is 0 Å². The lowest BCUT2D eigenvalue weighted by atomic mass is 9.81. The van der Waals surface area contributed by atoms with Gasteiger partial charge >= 0.3 is 0 Å². The van der Waals surface area contributed by atoms with Crippen molar-refractivity contribution >= 4 is 21.8 Å². The van der Waals surface area contributed by atoms with Crippen molar-refractivity contribution in [3.05, 3.63) is 54.4 Å². The molecule has 2 aromatic heterocycles. The van der Waals surface area contributed by atoms with Crippen LogP contribution in [0.15, 0.2) is 42.9 Å². The molecule has 4 heteroatoms. The Morgan fingerprint density at radius 1 is 1.26 bits per heavy atom. The van der Waals surface area contributed by atoms with Crippen molar-refractivity contribution in [2.45, 2.75) is 37.6 Å². The molecule has 0 saturated heterocycles. The van der Waals surface area contributed by atoms with Gasteiger partial charge in [0.15, 0.2) is 6.20 Å². The van der Waals surface area contributed by atoms with Crippen LogP contribution in [0.5, 0.6) is 0 Å². The van der Waals surface area contributed by atoms with E-state index in [1.807, 2.05) is 24.7 Å². The molecule has 1 saturated carbocycles. The van der Waals surface area contributed by atoms with Gasteiger partial charge in [-0.25, -0.2) is 9.55 Å². The van der Waals surface area contributed by atoms with Gasteiger partial charge in [0.25, 0.3) is 6.33 Å². The van der Waals surface area contributed by atoms with E-state index in [2.05, 4.69) is 35.0 Å². The lowest BCUT2D eigenvalue weighted by Crippen LogP contribution is -2.53. The average molecular weight is 306 g/mol. The summed E-state index contributed by atoms with van der Waals surface area (Å²) in [6, 6.07) is 5.49. The lowest BCUT2D eigenvalue weighted by molar-refractivity contribution is -0.719. The first-order valence-electron chi connectivity index (χ1n) is 8.11. The van der Waals surface area contributed by atoms with Crippen LogP contribution in [0.25, 0.3) is 21.8 Å². The van der Waals surface area contributed by atoms with E-state index in [1.54, 1.807) is 6.07 Å². The van der Waals surface area contributed by atoms with E-state index in [0.29, 0.717) is 5.52 Å². The third kappa shape index (κ3) is 1.13. The third-order valence-corrected chi connectivity index (χ3v) is 6.15. The third-order valence-electron chi connectivity index (χ3n) is 6.15. The van der Waals surface area contributed by atoms with Crippen LogP contribution in [0.1, 0.15) is 32.3 Å². The fourth-order valence-corrected chi connectivity index (χ4v) is 5.21. The maximum absolute atomic E-state index is 14.2. The van der Waals surface area contributed by atoms with Crippen LogP contribution < -0.4 is 4.57 Å². The van der Waals surface area contributed by atoms with Gasteiger partial charge in [-0.1, -0.05) is 25.4 Å². The van der Waals surface area contributed by atoms with Crippen molar-refractivity contribution in [2.24, 2.45) is 0 Å². The molecule has 2 aliphatic rings. The van der Waals surface area contributed by atoms with Gasteiger partial charge in [0.1, 0.15) is 11.1 Å². The van der Waals surface area contributed by atoms with E-state index < -0.39 is 5.95 Å². The topological polar surface area (TPSA) is 29.7 Å². The van der Waals surface area contributed by atoms with Gasteiger partial charge in [-0.3, -0.25) is 0 Å². The Kier molecular flexibility index (Phi) is 2.14. The monoisotopic (exact) mass is 306 g/mol. The van der Waals surface area contributed by atoms with Crippen LogP contribution in [-0.4, -0.2) is 9.97 Å². The summed E-state index contributed by atoms with van der Waals surface area (Å²) in [6.45, 7) is 8.73. The number of halogens is 1. The Balaban J connectivity index is 2.12. The number of nitrogens with zero attached hydrogens (tertiary/aromatic N) is 3. The minimum atomic E-state index is -0.410. The molecule has 0 bridgehead atoms. The van der Waals surface area contributed by atoms with Crippen molar-refractivity contribution in [3.8, 4) is 0 Å². The molecule has 3 aromatic rings. The van der Waals surface area contributed by atoms with E-state index in [-0.39, 0.29) is 11.0 Å². The van der Waals surface area contributed by atoms with Gasteiger partial charge in [0, 0.05) is 0 Å². The summed E-state index contributed by atoms with van der Waals surface area (Å²) in [5.74, 6) is -0.410. The molecule has 1 aliphatic carbocycles. The molecule has 5 rings (SSSR count). The number of rotatable bonds is 2. The highest BCUT2D eigenvalue weighted by Crippen LogP contribution is 2.70. The normalized spacial score (nSPS) is 27.7. The summed E-state index contributed by atoms with van der Waals surface area (Å²) in [5.41, 5.74) is 3.63. The van der Waals surface area contributed by atoms with Crippen molar-refractivity contribution in [1.29, 1.82) is 0 Å². The molecule has 23 heavy (non-hydrogen) atoms. The molecule has 0 amide bonds. The second-order valence-electron chi connectivity index (χ2n) is 6.60. The second-order valence-corrected chi connectivity index (χ2v) is 6.60. The maximum Gasteiger partial charge on any atom is 0.287 e. The molecule has 114 valence electrons. The highest BCUT2D eigenvalue weighted by molar-refractivity contribution is 6.06. The Hall–Kier alpha value is -2.36. The number of hydrogen-bond acceptors (Lipinski definition) is 2. The molecule has 0 radical (unpaired) electrons. The van der Waals surface area contributed by atoms with Gasteiger partial charge in [0.2, 0.25) is 5.95 Å². The van der Waals surface area contributed by atoms with E-state index >= 15 is 0 Å². The highest BCUT2D eigenvalue weighted by Gasteiger charge is 2.77. The summed E-state index contributed by atoms with van der Waals surface area (Å²) in [7, 11) is 0. The summed E-state index contributed by atoms with van der Waals surface area (Å²) in [4.78, 5) is 8.56. The van der Waals surface area contributed by atoms with Crippen LogP contribution in [0.4, 0.5) is 4.39 Å². The molecule has 1 aromatic carbocycles. The molecule has 1 fully saturated rings. The zero-order chi connectivity index (χ0) is 16.0. The van der Waals surface area contributed by atoms with Gasteiger partial charge in [-0.05, 0) is 42.2 Å². The predicted molar refractivity (Wildman–Crippen MR) is 86.6 cm³/mol. The number of aromatic nitrogens is 3. The van der Waals surface area contributed by atoms with Crippen LogP contribution in [0, 0.1) is 5.95 Å². The maximum atomic E-state index is 14.2. The minimum Gasteiger partial charge on any atom is -0.220 e. The second kappa shape index (κ2) is 3.75. The van der Waals surface area contributed by atoms with Crippen molar-refractivity contribution in [3.63, 3.8) is 0 Å². The van der Waals surface area contributed by atoms with E-state index in [0.717, 1.165) is 40.3 Å². The van der Waals surface area contributed by atoms with Gasteiger partial charge in [-0.2, -0.15) is 4.39 Å². The fraction of sp³-hybridized carbons (Fsp3) is 0.316. The first kappa shape index (κ1) is 13.1. The molecule has 3 heterocycles. The number of allylic oxidation sites excluding steroid dienone is 1. The summed E-state index contributed by atoms with van der Waals surface area (Å²) in [6.07, 6.45) is 5.59. The molecule has 3 nitrogen and oxygen atoms in total. The summed E-state index contributed by atoms with van der Waals surface area (Å²) >= 11 is 0. The van der Waals surface area contributed by atoms with E-state index in [1.165, 1.54) is 0 Å². The first-order valence-corrected chi connectivity index (χ1v) is 8.11. The van der Waals surface area contributed by atoms with Crippen LogP contribution >= 0.6 is 0 Å². The Bertz CT molecular complexity index is 1040. The van der Waals surface area contributed by atoms with Gasteiger partial charge in [-0.15, -0.1) is 0 Å². The molecular weight excluding hydrogens is 289 g/mol. The van der Waals surface area contributed by atoms with Gasteiger partial charge < -0.3 is 0 Å². The van der Waals surface area contributed by atoms with E-state index in [9.17, 15) is 4.39 Å². The lowest BCUT2D eigenvalue weighted by Gasteiger charge is -2.28. The summed E-state index contributed by atoms with van der Waals surface area (Å²) < 4.78 is 16.5. The largest absolute Gasteiger partial charge is 0.287 e. The molecule has 1 aliphatic heterocycles. The Morgan fingerprint density at radius 3 is 2.83 bits per heavy atom. The van der Waals surface area contributed by atoms with Gasteiger partial charge in [0.05, 0.1) is 21.7 Å². The number of benzene rings is 1. The Morgan fingerprint density at radius 2 is 2.09 bits per heavy atom. The minimum absolute atomic E-state index is 0.191. The number of fused-ring (bicyclic) bond motifs is 3. The first-order chi connectivity index (χ1) is 11.1. The van der Waals surface area contributed by atoms with Crippen molar-refractivity contribution in [2.75, 3.05) is 0 Å². The van der Waals surface area contributed by atoms with Crippen molar-refractivity contribution in [1.82, 2.24) is 9.97 Å². The molecule has 0 N–H and O–H groups in total. The van der Waals surface area contributed by atoms with Crippen LogP contribution in [0.2, 0.25) is 0 Å².